The number of aryl methyl sites for hydroxylation is 2. The van der Waals surface area contributed by atoms with Crippen molar-refractivity contribution in [1.82, 2.24) is 0 Å². The summed E-state index contributed by atoms with van der Waals surface area (Å²) < 4.78 is 0. The second-order valence-electron chi connectivity index (χ2n) is 6.14. The average Bonchev–Trinajstić information content (AvgIpc) is 2.57. The van der Waals surface area contributed by atoms with Gasteiger partial charge in [-0.15, -0.1) is 0 Å². The lowest BCUT2D eigenvalue weighted by Crippen LogP contribution is -2.33. The normalized spacial score (nSPS) is 11.4. The summed E-state index contributed by atoms with van der Waals surface area (Å²) in [5.41, 5.74) is 2.70. The van der Waals surface area contributed by atoms with Crippen LogP contribution in [-0.4, -0.2) is 6.16 Å². The molecule has 0 nitrogen and oxygen atoms in total. The molecule has 0 aliphatic rings. The van der Waals surface area contributed by atoms with E-state index in [1.54, 1.807) is 0 Å². The van der Waals surface area contributed by atoms with Crippen LogP contribution >= 0.6 is 7.26 Å². The molecule has 0 amide bonds. The van der Waals surface area contributed by atoms with E-state index >= 15 is 0 Å². The molecule has 3 aromatic carbocycles. The molecule has 3 aromatic rings. The van der Waals surface area contributed by atoms with Crippen LogP contribution in [0.2, 0.25) is 0 Å². The highest BCUT2D eigenvalue weighted by Crippen LogP contribution is 2.55. The van der Waals surface area contributed by atoms with Crippen molar-refractivity contribution in [3.05, 3.63) is 90.0 Å². The summed E-state index contributed by atoms with van der Waals surface area (Å²) in [7, 11) is -1.59. The molecule has 1 heteroatoms. The Hall–Kier alpha value is -1.91. The van der Waals surface area contributed by atoms with E-state index in [9.17, 15) is 0 Å². The van der Waals surface area contributed by atoms with E-state index in [1.165, 1.54) is 27.0 Å². The molecule has 23 heavy (non-hydrogen) atoms. The second-order valence-corrected chi connectivity index (χ2v) is 9.94. The molecule has 0 aromatic heterocycles. The molecule has 0 N–H and O–H groups in total. The molecular formula is C22H24P. The lowest BCUT2D eigenvalue weighted by atomic mass is 10.2. The molecular weight excluding hydrogens is 295 g/mol. The first-order chi connectivity index (χ1) is 11.2. The highest BCUT2D eigenvalue weighted by atomic mass is 31.2. The lowest BCUT2D eigenvalue weighted by Gasteiger charge is -2.38. The molecule has 0 bridgehead atoms. The predicted molar refractivity (Wildman–Crippen MR) is 105 cm³/mol. The van der Waals surface area contributed by atoms with Gasteiger partial charge in [-0.25, -0.2) is 0 Å². The molecule has 0 aliphatic carbocycles. The summed E-state index contributed by atoms with van der Waals surface area (Å²) >= 11 is 0. The van der Waals surface area contributed by atoms with Crippen LogP contribution in [0.4, 0.5) is 0 Å². The van der Waals surface area contributed by atoms with E-state index < -0.39 is 7.26 Å². The number of hydrogen-bond acceptors (Lipinski definition) is 0. The van der Waals surface area contributed by atoms with Gasteiger partial charge in [0.25, 0.3) is 0 Å². The summed E-state index contributed by atoms with van der Waals surface area (Å²) in [4.78, 5) is 0. The van der Waals surface area contributed by atoms with E-state index in [-0.39, 0.29) is 0 Å². The zero-order chi connectivity index (χ0) is 16.3. The van der Waals surface area contributed by atoms with Gasteiger partial charge in [-0.1, -0.05) is 96.9 Å². The maximum Gasteiger partial charge on any atom is -0.0191 e. The van der Waals surface area contributed by atoms with Crippen molar-refractivity contribution >= 4 is 23.2 Å². The smallest absolute Gasteiger partial charge is 0.0191 e. The second kappa shape index (κ2) is 6.69. The minimum absolute atomic E-state index is 1.14. The third kappa shape index (κ3) is 2.96. The Morgan fingerprint density at radius 2 is 1.04 bits per heavy atom. The highest BCUT2D eigenvalue weighted by molar-refractivity contribution is 7.95. The molecule has 1 radical (unpaired) electrons. The van der Waals surface area contributed by atoms with Crippen LogP contribution < -0.4 is 15.9 Å². The summed E-state index contributed by atoms with van der Waals surface area (Å²) in [5, 5.41) is 4.44. The molecule has 0 spiro atoms. The van der Waals surface area contributed by atoms with Crippen LogP contribution in [0.1, 0.15) is 18.1 Å². The fourth-order valence-electron chi connectivity index (χ4n) is 3.53. The van der Waals surface area contributed by atoms with E-state index in [1.807, 2.05) is 0 Å². The van der Waals surface area contributed by atoms with Crippen molar-refractivity contribution < 1.29 is 0 Å². The predicted octanol–water partition coefficient (Wildman–Crippen LogP) is 4.62. The minimum atomic E-state index is -1.59. The van der Waals surface area contributed by atoms with Gasteiger partial charge >= 0.3 is 0 Å². The van der Waals surface area contributed by atoms with Gasteiger partial charge in [0, 0.05) is 0 Å². The van der Waals surface area contributed by atoms with E-state index in [0.717, 1.165) is 6.16 Å². The first-order valence-corrected chi connectivity index (χ1v) is 10.2. The quantitative estimate of drug-likeness (QED) is 0.616. The fourth-order valence-corrected chi connectivity index (χ4v) is 7.73. The Bertz CT molecular complexity index is 716. The third-order valence-electron chi connectivity index (χ3n) is 4.52. The molecule has 0 unspecified atom stereocenters. The maximum atomic E-state index is 2.39. The zero-order valence-electron chi connectivity index (χ0n) is 14.2. The molecule has 0 atom stereocenters. The van der Waals surface area contributed by atoms with Gasteiger partial charge in [0.1, 0.15) is 0 Å². The molecule has 117 valence electrons. The van der Waals surface area contributed by atoms with Crippen molar-refractivity contribution in [2.24, 2.45) is 0 Å². The Morgan fingerprint density at radius 3 is 1.43 bits per heavy atom. The summed E-state index contributed by atoms with van der Waals surface area (Å²) in [5.74, 6) is 0. The molecule has 0 aliphatic heterocycles. The van der Waals surface area contributed by atoms with E-state index in [2.05, 4.69) is 99.6 Å². The van der Waals surface area contributed by atoms with Crippen LogP contribution in [0.5, 0.6) is 0 Å². The zero-order valence-corrected chi connectivity index (χ0v) is 15.1. The van der Waals surface area contributed by atoms with Crippen molar-refractivity contribution in [1.29, 1.82) is 0 Å². The molecule has 3 rings (SSSR count). The lowest BCUT2D eigenvalue weighted by molar-refractivity contribution is 1.40. The Morgan fingerprint density at radius 1 is 0.609 bits per heavy atom. The monoisotopic (exact) mass is 319 g/mol. The van der Waals surface area contributed by atoms with Crippen molar-refractivity contribution in [3.63, 3.8) is 0 Å². The number of rotatable bonds is 4. The van der Waals surface area contributed by atoms with Crippen molar-refractivity contribution in [2.45, 2.75) is 20.8 Å². The average molecular weight is 319 g/mol. The van der Waals surface area contributed by atoms with Crippen LogP contribution in [-0.2, 0) is 0 Å². The SMILES string of the molecule is CC[P](c1ccccc1)(c1ccccc1)c1cc(C)cc(C)c1. The van der Waals surface area contributed by atoms with Crippen molar-refractivity contribution in [3.8, 4) is 0 Å². The Kier molecular flexibility index (Phi) is 4.64. The third-order valence-corrected chi connectivity index (χ3v) is 8.96. The van der Waals surface area contributed by atoms with Gasteiger partial charge < -0.3 is 0 Å². The van der Waals surface area contributed by atoms with Gasteiger partial charge in [-0.3, -0.25) is 0 Å². The van der Waals surface area contributed by atoms with Gasteiger partial charge in [0.15, 0.2) is 0 Å². The summed E-state index contributed by atoms with van der Waals surface area (Å²) in [6, 6.07) is 29.2. The fraction of sp³-hybridized carbons (Fsp3) is 0.182. The van der Waals surface area contributed by atoms with E-state index in [4.69, 9.17) is 0 Å². The van der Waals surface area contributed by atoms with Gasteiger partial charge in [0.05, 0.1) is 0 Å². The van der Waals surface area contributed by atoms with Gasteiger partial charge in [-0.05, 0) is 43.2 Å². The largest absolute Gasteiger partial charge is 0.0622 e. The standard InChI is InChI=1S/C22H24P/c1-4-23(20-11-7-5-8-12-20,21-13-9-6-10-14-21)22-16-18(2)15-19(3)17-22/h5-17H,4H2,1-3H3. The van der Waals surface area contributed by atoms with Crippen LogP contribution in [0.25, 0.3) is 0 Å². The maximum absolute atomic E-state index is 2.39. The molecule has 0 heterocycles. The highest BCUT2D eigenvalue weighted by Gasteiger charge is 2.32. The first kappa shape index (κ1) is 16.0. The van der Waals surface area contributed by atoms with Crippen molar-refractivity contribution in [2.75, 3.05) is 6.16 Å². The molecule has 0 saturated carbocycles. The molecule has 0 saturated heterocycles. The summed E-state index contributed by atoms with van der Waals surface area (Å²) in [6.45, 7) is 6.75. The Labute approximate surface area is 140 Å². The number of benzene rings is 3. The topological polar surface area (TPSA) is 0 Å². The molecule has 0 fully saturated rings. The van der Waals surface area contributed by atoms with Gasteiger partial charge in [0.2, 0.25) is 0 Å². The first-order valence-electron chi connectivity index (χ1n) is 8.25. The Balaban J connectivity index is 2.33. The number of hydrogen-bond donors (Lipinski definition) is 0. The van der Waals surface area contributed by atoms with E-state index in [0.29, 0.717) is 0 Å². The minimum Gasteiger partial charge on any atom is -0.0622 e. The van der Waals surface area contributed by atoms with Crippen LogP contribution in [0.15, 0.2) is 78.9 Å². The van der Waals surface area contributed by atoms with Crippen LogP contribution in [0.3, 0.4) is 0 Å². The van der Waals surface area contributed by atoms with Crippen LogP contribution in [0, 0.1) is 13.8 Å². The summed E-state index contributed by atoms with van der Waals surface area (Å²) in [6.07, 6.45) is 1.14. The van der Waals surface area contributed by atoms with Gasteiger partial charge in [-0.2, -0.15) is 0 Å².